The SMILES string of the molecule is CCCCOc1cc(CCC(=O)O)ccc1O. The number of rotatable bonds is 7. The summed E-state index contributed by atoms with van der Waals surface area (Å²) in [5.74, 6) is -0.298. The number of benzene rings is 1. The molecule has 0 saturated heterocycles. The number of unbranched alkanes of at least 4 members (excludes halogenated alkanes) is 1. The summed E-state index contributed by atoms with van der Waals surface area (Å²) in [7, 11) is 0. The van der Waals surface area contributed by atoms with E-state index in [1.165, 1.54) is 0 Å². The Morgan fingerprint density at radius 1 is 1.41 bits per heavy atom. The zero-order chi connectivity index (χ0) is 12.7. The largest absolute Gasteiger partial charge is 0.504 e. The van der Waals surface area contributed by atoms with Crippen molar-refractivity contribution >= 4 is 5.97 Å². The minimum Gasteiger partial charge on any atom is -0.504 e. The Morgan fingerprint density at radius 3 is 2.82 bits per heavy atom. The van der Waals surface area contributed by atoms with E-state index in [0.29, 0.717) is 18.8 Å². The van der Waals surface area contributed by atoms with E-state index < -0.39 is 5.97 Å². The van der Waals surface area contributed by atoms with Crippen LogP contribution in [0, 0.1) is 0 Å². The van der Waals surface area contributed by atoms with Gasteiger partial charge in [0.05, 0.1) is 6.61 Å². The first-order valence-corrected chi connectivity index (χ1v) is 5.80. The Morgan fingerprint density at radius 2 is 2.18 bits per heavy atom. The topological polar surface area (TPSA) is 66.8 Å². The lowest BCUT2D eigenvalue weighted by Crippen LogP contribution is -2.00. The molecular weight excluding hydrogens is 220 g/mol. The van der Waals surface area contributed by atoms with Crippen molar-refractivity contribution in [2.75, 3.05) is 6.61 Å². The van der Waals surface area contributed by atoms with Crippen LogP contribution in [0.25, 0.3) is 0 Å². The Kier molecular flexibility index (Phi) is 5.33. The van der Waals surface area contributed by atoms with Crippen molar-refractivity contribution in [3.63, 3.8) is 0 Å². The van der Waals surface area contributed by atoms with Gasteiger partial charge in [-0.15, -0.1) is 0 Å². The van der Waals surface area contributed by atoms with Crippen LogP contribution in [0.15, 0.2) is 18.2 Å². The fourth-order valence-corrected chi connectivity index (χ4v) is 1.41. The van der Waals surface area contributed by atoms with Gasteiger partial charge in [-0.25, -0.2) is 0 Å². The monoisotopic (exact) mass is 238 g/mol. The number of hydrogen-bond acceptors (Lipinski definition) is 3. The Labute approximate surface area is 101 Å². The zero-order valence-electron chi connectivity index (χ0n) is 9.98. The highest BCUT2D eigenvalue weighted by Gasteiger charge is 2.05. The summed E-state index contributed by atoms with van der Waals surface area (Å²) in [5, 5.41) is 18.2. The second kappa shape index (κ2) is 6.78. The molecule has 0 amide bonds. The van der Waals surface area contributed by atoms with Crippen LogP contribution >= 0.6 is 0 Å². The van der Waals surface area contributed by atoms with Gasteiger partial charge in [0.1, 0.15) is 0 Å². The van der Waals surface area contributed by atoms with E-state index in [2.05, 4.69) is 6.92 Å². The Balaban J connectivity index is 2.62. The number of hydrogen-bond donors (Lipinski definition) is 2. The van der Waals surface area contributed by atoms with E-state index >= 15 is 0 Å². The third-order valence-electron chi connectivity index (χ3n) is 2.41. The normalized spacial score (nSPS) is 10.2. The van der Waals surface area contributed by atoms with Crippen LogP contribution in [0.1, 0.15) is 31.7 Å². The maximum Gasteiger partial charge on any atom is 0.303 e. The molecule has 0 heterocycles. The van der Waals surface area contributed by atoms with Gasteiger partial charge in [-0.1, -0.05) is 19.4 Å². The third kappa shape index (κ3) is 4.76. The van der Waals surface area contributed by atoms with Gasteiger partial charge in [0, 0.05) is 6.42 Å². The van der Waals surface area contributed by atoms with Gasteiger partial charge in [0.2, 0.25) is 0 Å². The number of ether oxygens (including phenoxy) is 1. The average Bonchev–Trinajstić information content (AvgIpc) is 2.30. The van der Waals surface area contributed by atoms with E-state index in [-0.39, 0.29) is 12.2 Å². The minimum absolute atomic E-state index is 0.0825. The van der Waals surface area contributed by atoms with Gasteiger partial charge in [-0.3, -0.25) is 4.79 Å². The molecule has 2 N–H and O–H groups in total. The molecule has 0 aromatic heterocycles. The number of aromatic hydroxyl groups is 1. The predicted molar refractivity (Wildman–Crippen MR) is 64.5 cm³/mol. The molecule has 0 saturated carbocycles. The maximum absolute atomic E-state index is 10.5. The minimum atomic E-state index is -0.827. The average molecular weight is 238 g/mol. The van der Waals surface area contributed by atoms with Crippen molar-refractivity contribution in [1.29, 1.82) is 0 Å². The molecule has 17 heavy (non-hydrogen) atoms. The van der Waals surface area contributed by atoms with E-state index in [0.717, 1.165) is 18.4 Å². The highest BCUT2D eigenvalue weighted by atomic mass is 16.5. The molecule has 94 valence electrons. The van der Waals surface area contributed by atoms with Crippen LogP contribution in [0.2, 0.25) is 0 Å². The quantitative estimate of drug-likeness (QED) is 0.716. The molecule has 0 fully saturated rings. The van der Waals surface area contributed by atoms with Gasteiger partial charge in [-0.05, 0) is 30.5 Å². The molecule has 0 aliphatic rings. The number of phenols is 1. The Bertz CT molecular complexity index is 374. The molecule has 0 spiro atoms. The standard InChI is InChI=1S/C13H18O4/c1-2-3-8-17-12-9-10(4-6-11(12)14)5-7-13(15)16/h4,6,9,14H,2-3,5,7-8H2,1H3,(H,15,16). The number of aliphatic carboxylic acids is 1. The molecule has 0 aliphatic heterocycles. The van der Waals surface area contributed by atoms with Gasteiger partial charge in [0.25, 0.3) is 0 Å². The summed E-state index contributed by atoms with van der Waals surface area (Å²) in [4.78, 5) is 10.5. The van der Waals surface area contributed by atoms with Crippen molar-refractivity contribution in [1.82, 2.24) is 0 Å². The fourth-order valence-electron chi connectivity index (χ4n) is 1.41. The molecule has 1 rings (SSSR count). The van der Waals surface area contributed by atoms with Crippen LogP contribution in [0.4, 0.5) is 0 Å². The summed E-state index contributed by atoms with van der Waals surface area (Å²) in [6.45, 7) is 2.62. The number of carboxylic acid groups (broad SMARTS) is 1. The van der Waals surface area contributed by atoms with Crippen molar-refractivity contribution in [3.8, 4) is 11.5 Å². The number of carboxylic acids is 1. The van der Waals surface area contributed by atoms with Gasteiger partial charge in [-0.2, -0.15) is 0 Å². The summed E-state index contributed by atoms with van der Waals surface area (Å²) >= 11 is 0. The van der Waals surface area contributed by atoms with Crippen molar-refractivity contribution in [2.45, 2.75) is 32.6 Å². The Hall–Kier alpha value is -1.71. The highest BCUT2D eigenvalue weighted by molar-refractivity contribution is 5.67. The van der Waals surface area contributed by atoms with Gasteiger partial charge < -0.3 is 14.9 Å². The number of phenolic OH excluding ortho intramolecular Hbond substituents is 1. The summed E-state index contributed by atoms with van der Waals surface area (Å²) in [5.41, 5.74) is 0.858. The van der Waals surface area contributed by atoms with Crippen molar-refractivity contribution < 1.29 is 19.7 Å². The lowest BCUT2D eigenvalue weighted by Gasteiger charge is -2.09. The van der Waals surface area contributed by atoms with Crippen molar-refractivity contribution in [2.24, 2.45) is 0 Å². The molecule has 4 heteroatoms. The van der Waals surface area contributed by atoms with Crippen LogP contribution in [-0.4, -0.2) is 22.8 Å². The fraction of sp³-hybridized carbons (Fsp3) is 0.462. The van der Waals surface area contributed by atoms with Gasteiger partial charge in [0.15, 0.2) is 11.5 Å². The van der Waals surface area contributed by atoms with Crippen LogP contribution < -0.4 is 4.74 Å². The number of aryl methyl sites for hydroxylation is 1. The molecular formula is C13H18O4. The lowest BCUT2D eigenvalue weighted by atomic mass is 10.1. The second-order valence-electron chi connectivity index (χ2n) is 3.90. The molecule has 1 aromatic rings. The molecule has 0 bridgehead atoms. The summed E-state index contributed by atoms with van der Waals surface area (Å²) in [6, 6.07) is 4.96. The van der Waals surface area contributed by atoms with E-state index in [1.807, 2.05) is 0 Å². The maximum atomic E-state index is 10.5. The first-order valence-electron chi connectivity index (χ1n) is 5.80. The predicted octanol–water partition coefficient (Wildman–Crippen LogP) is 2.59. The summed E-state index contributed by atoms with van der Waals surface area (Å²) in [6.07, 6.45) is 2.48. The van der Waals surface area contributed by atoms with Crippen LogP contribution in [0.3, 0.4) is 0 Å². The first-order chi connectivity index (χ1) is 8.13. The first kappa shape index (κ1) is 13.4. The lowest BCUT2D eigenvalue weighted by molar-refractivity contribution is -0.136. The second-order valence-corrected chi connectivity index (χ2v) is 3.90. The van der Waals surface area contributed by atoms with E-state index in [4.69, 9.17) is 9.84 Å². The van der Waals surface area contributed by atoms with E-state index in [9.17, 15) is 9.90 Å². The van der Waals surface area contributed by atoms with Crippen molar-refractivity contribution in [3.05, 3.63) is 23.8 Å². The van der Waals surface area contributed by atoms with Crippen LogP contribution in [-0.2, 0) is 11.2 Å². The number of carbonyl (C=O) groups is 1. The molecule has 0 aliphatic carbocycles. The molecule has 4 nitrogen and oxygen atoms in total. The zero-order valence-corrected chi connectivity index (χ0v) is 9.98. The molecule has 0 unspecified atom stereocenters. The molecule has 1 aromatic carbocycles. The smallest absolute Gasteiger partial charge is 0.303 e. The third-order valence-corrected chi connectivity index (χ3v) is 2.41. The molecule has 0 radical (unpaired) electrons. The summed E-state index contributed by atoms with van der Waals surface area (Å²) < 4.78 is 5.43. The van der Waals surface area contributed by atoms with Crippen LogP contribution in [0.5, 0.6) is 11.5 Å². The highest BCUT2D eigenvalue weighted by Crippen LogP contribution is 2.27. The molecule has 0 atom stereocenters. The van der Waals surface area contributed by atoms with E-state index in [1.54, 1.807) is 18.2 Å². The van der Waals surface area contributed by atoms with Gasteiger partial charge >= 0.3 is 5.97 Å².